The lowest BCUT2D eigenvalue weighted by Gasteiger charge is -2.09. The van der Waals surface area contributed by atoms with Crippen LogP contribution < -0.4 is 5.30 Å². The van der Waals surface area contributed by atoms with Crippen molar-refractivity contribution in [1.29, 1.82) is 0 Å². The summed E-state index contributed by atoms with van der Waals surface area (Å²) in [6, 6.07) is 14.5. The first-order valence-corrected chi connectivity index (χ1v) is 6.96. The third-order valence-corrected chi connectivity index (χ3v) is 3.57. The van der Waals surface area contributed by atoms with Crippen LogP contribution in [0, 0.1) is 0 Å². The molecule has 1 aromatic carbocycles. The average molecular weight is 266 g/mol. The molecule has 0 bridgehead atoms. The maximum atomic E-state index is 4.80. The summed E-state index contributed by atoms with van der Waals surface area (Å²) in [5.41, 5.74) is 4.19. The number of nitrogens with zero attached hydrogens (tertiary/aromatic N) is 2. The van der Waals surface area contributed by atoms with Gasteiger partial charge < -0.3 is 0 Å². The summed E-state index contributed by atoms with van der Waals surface area (Å²) in [7, 11) is 2.72. The summed E-state index contributed by atoms with van der Waals surface area (Å²) in [5, 5.41) is 2.33. The van der Waals surface area contributed by atoms with Gasteiger partial charge in [-0.3, -0.25) is 4.98 Å². The minimum absolute atomic E-state index is 0.940. The van der Waals surface area contributed by atoms with Gasteiger partial charge in [-0.25, -0.2) is 4.98 Å². The SMILES string of the molecule is CCc1cc2ccc(P)cc2nc1-c1ccccn1. The zero-order valence-electron chi connectivity index (χ0n) is 10.8. The lowest BCUT2D eigenvalue weighted by molar-refractivity contribution is 1.11. The van der Waals surface area contributed by atoms with E-state index in [2.05, 4.69) is 45.4 Å². The zero-order valence-corrected chi connectivity index (χ0v) is 12.0. The van der Waals surface area contributed by atoms with Gasteiger partial charge in [0.05, 0.1) is 16.9 Å². The van der Waals surface area contributed by atoms with E-state index >= 15 is 0 Å². The fourth-order valence-electron chi connectivity index (χ4n) is 2.22. The molecule has 94 valence electrons. The van der Waals surface area contributed by atoms with E-state index < -0.39 is 0 Å². The first kappa shape index (κ1) is 12.3. The zero-order chi connectivity index (χ0) is 13.2. The number of fused-ring (bicyclic) bond motifs is 1. The molecule has 1 atom stereocenters. The van der Waals surface area contributed by atoms with Gasteiger partial charge in [0.2, 0.25) is 0 Å². The minimum atomic E-state index is 0.940. The van der Waals surface area contributed by atoms with E-state index in [1.54, 1.807) is 0 Å². The predicted molar refractivity (Wildman–Crippen MR) is 83.7 cm³/mol. The second kappa shape index (κ2) is 5.07. The van der Waals surface area contributed by atoms with Gasteiger partial charge in [-0.1, -0.05) is 25.1 Å². The van der Waals surface area contributed by atoms with Crippen LogP contribution in [0.4, 0.5) is 0 Å². The Bertz CT molecular complexity index is 723. The van der Waals surface area contributed by atoms with Gasteiger partial charge in [-0.05, 0) is 41.6 Å². The molecule has 2 aromatic heterocycles. The van der Waals surface area contributed by atoms with E-state index in [1.807, 2.05) is 24.4 Å². The number of pyridine rings is 2. The quantitative estimate of drug-likeness (QED) is 0.665. The third-order valence-electron chi connectivity index (χ3n) is 3.21. The molecule has 0 saturated heterocycles. The predicted octanol–water partition coefficient (Wildman–Crippen LogP) is 3.36. The van der Waals surface area contributed by atoms with Gasteiger partial charge in [-0.2, -0.15) is 0 Å². The van der Waals surface area contributed by atoms with Crippen molar-refractivity contribution in [2.24, 2.45) is 0 Å². The smallest absolute Gasteiger partial charge is 0.0925 e. The summed E-state index contributed by atoms with van der Waals surface area (Å²) in [6.07, 6.45) is 2.77. The van der Waals surface area contributed by atoms with Gasteiger partial charge >= 0.3 is 0 Å². The summed E-state index contributed by atoms with van der Waals surface area (Å²) >= 11 is 0. The third kappa shape index (κ3) is 2.36. The summed E-state index contributed by atoms with van der Waals surface area (Å²) < 4.78 is 0. The van der Waals surface area contributed by atoms with Crippen LogP contribution in [-0.2, 0) is 6.42 Å². The minimum Gasteiger partial charge on any atom is -0.255 e. The van der Waals surface area contributed by atoms with E-state index in [4.69, 9.17) is 4.98 Å². The molecule has 0 aliphatic carbocycles. The molecule has 0 saturated carbocycles. The summed E-state index contributed by atoms with van der Waals surface area (Å²) in [5.74, 6) is 0. The van der Waals surface area contributed by atoms with Crippen molar-refractivity contribution in [3.63, 3.8) is 0 Å². The van der Waals surface area contributed by atoms with Crippen molar-refractivity contribution < 1.29 is 0 Å². The van der Waals surface area contributed by atoms with Gasteiger partial charge in [0.1, 0.15) is 0 Å². The highest BCUT2D eigenvalue weighted by atomic mass is 31.0. The Morgan fingerprint density at radius 1 is 1.11 bits per heavy atom. The molecule has 0 radical (unpaired) electrons. The van der Waals surface area contributed by atoms with Gasteiger partial charge in [-0.15, -0.1) is 9.24 Å². The number of aryl methyl sites for hydroxylation is 1. The van der Waals surface area contributed by atoms with Crippen LogP contribution in [-0.4, -0.2) is 9.97 Å². The van der Waals surface area contributed by atoms with Crippen LogP contribution in [0.3, 0.4) is 0 Å². The lowest BCUT2D eigenvalue weighted by atomic mass is 10.0. The molecule has 3 aromatic rings. The highest BCUT2D eigenvalue weighted by Gasteiger charge is 2.08. The first-order chi connectivity index (χ1) is 9.28. The van der Waals surface area contributed by atoms with Crippen LogP contribution in [0.5, 0.6) is 0 Å². The van der Waals surface area contributed by atoms with Crippen LogP contribution in [0.15, 0.2) is 48.7 Å². The second-order valence-corrected chi connectivity index (χ2v) is 5.18. The Balaban J connectivity index is 2.28. The van der Waals surface area contributed by atoms with Crippen molar-refractivity contribution >= 4 is 25.4 Å². The van der Waals surface area contributed by atoms with Crippen molar-refractivity contribution in [2.75, 3.05) is 0 Å². The second-order valence-electron chi connectivity index (χ2n) is 4.52. The Morgan fingerprint density at radius 2 is 2.00 bits per heavy atom. The number of hydrogen-bond acceptors (Lipinski definition) is 2. The maximum Gasteiger partial charge on any atom is 0.0925 e. The van der Waals surface area contributed by atoms with Crippen molar-refractivity contribution in [2.45, 2.75) is 13.3 Å². The van der Waals surface area contributed by atoms with Gasteiger partial charge in [0.25, 0.3) is 0 Å². The summed E-state index contributed by atoms with van der Waals surface area (Å²) in [4.78, 5) is 9.22. The molecule has 0 fully saturated rings. The van der Waals surface area contributed by atoms with Gasteiger partial charge in [0, 0.05) is 11.6 Å². The van der Waals surface area contributed by atoms with E-state index in [-0.39, 0.29) is 0 Å². The Kier molecular flexibility index (Phi) is 3.27. The van der Waals surface area contributed by atoms with Gasteiger partial charge in [0.15, 0.2) is 0 Å². The van der Waals surface area contributed by atoms with Crippen molar-refractivity contribution in [1.82, 2.24) is 9.97 Å². The molecular weight excluding hydrogens is 251 g/mol. The number of hydrogen-bond donors (Lipinski definition) is 0. The standard InChI is InChI=1S/C16H15N2P/c1-2-11-9-12-6-7-13(19)10-15(12)18-16(11)14-5-3-4-8-17-14/h3-10H,2,19H2,1H3. The maximum absolute atomic E-state index is 4.80. The molecule has 0 N–H and O–H groups in total. The van der Waals surface area contributed by atoms with Crippen molar-refractivity contribution in [3.8, 4) is 11.4 Å². The highest BCUT2D eigenvalue weighted by molar-refractivity contribution is 7.27. The molecule has 3 heteroatoms. The topological polar surface area (TPSA) is 25.8 Å². The normalized spacial score (nSPS) is 10.8. The highest BCUT2D eigenvalue weighted by Crippen LogP contribution is 2.24. The molecule has 2 nitrogen and oxygen atoms in total. The van der Waals surface area contributed by atoms with E-state index in [0.717, 1.165) is 28.6 Å². The largest absolute Gasteiger partial charge is 0.255 e. The van der Waals surface area contributed by atoms with E-state index in [9.17, 15) is 0 Å². The molecule has 0 aliphatic rings. The van der Waals surface area contributed by atoms with E-state index in [0.29, 0.717) is 0 Å². The fourth-order valence-corrected chi connectivity index (χ4v) is 2.48. The molecule has 0 spiro atoms. The Hall–Kier alpha value is -1.79. The Morgan fingerprint density at radius 3 is 2.74 bits per heavy atom. The Labute approximate surface area is 115 Å². The molecule has 3 rings (SSSR count). The van der Waals surface area contributed by atoms with Crippen LogP contribution in [0.25, 0.3) is 22.3 Å². The number of benzene rings is 1. The first-order valence-electron chi connectivity index (χ1n) is 6.38. The van der Waals surface area contributed by atoms with Crippen LogP contribution >= 0.6 is 9.24 Å². The fraction of sp³-hybridized carbons (Fsp3) is 0.125. The average Bonchev–Trinajstić information content (AvgIpc) is 2.46. The molecule has 2 heterocycles. The monoisotopic (exact) mass is 266 g/mol. The lowest BCUT2D eigenvalue weighted by Crippen LogP contribution is -1.97. The van der Waals surface area contributed by atoms with Crippen molar-refractivity contribution in [3.05, 3.63) is 54.2 Å². The molecule has 19 heavy (non-hydrogen) atoms. The molecule has 0 aliphatic heterocycles. The van der Waals surface area contributed by atoms with Crippen LogP contribution in [0.2, 0.25) is 0 Å². The molecule has 0 amide bonds. The molecular formula is C16H15N2P. The number of aromatic nitrogens is 2. The van der Waals surface area contributed by atoms with E-state index in [1.165, 1.54) is 10.9 Å². The van der Waals surface area contributed by atoms with Crippen LogP contribution in [0.1, 0.15) is 12.5 Å². The molecule has 1 unspecified atom stereocenters. The number of rotatable bonds is 2. The summed E-state index contributed by atoms with van der Waals surface area (Å²) in [6.45, 7) is 2.15.